The Morgan fingerprint density at radius 1 is 0.812 bits per heavy atom. The number of rotatable bonds is 1. The van der Waals surface area contributed by atoms with Crippen molar-refractivity contribution in [1.29, 1.82) is 0 Å². The lowest BCUT2D eigenvalue weighted by atomic mass is 10.0. The Hall–Kier alpha value is -0.0800. The first-order valence-corrected chi connectivity index (χ1v) is 7.08. The van der Waals surface area contributed by atoms with E-state index in [9.17, 15) is 0 Å². The van der Waals surface area contributed by atoms with Crippen molar-refractivity contribution >= 4 is 0 Å². The van der Waals surface area contributed by atoms with Crippen LogP contribution in [-0.2, 0) is 0 Å². The molecule has 0 aliphatic carbocycles. The molecule has 0 saturated carbocycles. The van der Waals surface area contributed by atoms with Crippen molar-refractivity contribution in [3.05, 3.63) is 0 Å². The van der Waals surface area contributed by atoms with Crippen molar-refractivity contribution in [2.75, 3.05) is 13.1 Å². The largest absolute Gasteiger partial charge is 0.297 e. The van der Waals surface area contributed by atoms with Crippen molar-refractivity contribution < 1.29 is 0 Å². The molecule has 3 aliphatic rings. The maximum absolute atomic E-state index is 2.89. The fourth-order valence-electron chi connectivity index (χ4n) is 4.14. The zero-order chi connectivity index (χ0) is 11.3. The number of hydrogen-bond donors (Lipinski definition) is 0. The molecule has 0 amide bonds. The van der Waals surface area contributed by atoms with Gasteiger partial charge in [0.1, 0.15) is 0 Å². The van der Waals surface area contributed by atoms with Crippen LogP contribution < -0.4 is 0 Å². The first-order valence-electron chi connectivity index (χ1n) is 7.08. The highest BCUT2D eigenvalue weighted by Gasteiger charge is 2.45. The van der Waals surface area contributed by atoms with Gasteiger partial charge in [-0.15, -0.1) is 0 Å². The van der Waals surface area contributed by atoms with E-state index >= 15 is 0 Å². The summed E-state index contributed by atoms with van der Waals surface area (Å²) in [6.07, 6.45) is 7.34. The van der Waals surface area contributed by atoms with Gasteiger partial charge in [-0.05, 0) is 52.9 Å². The van der Waals surface area contributed by atoms with Gasteiger partial charge in [-0.25, -0.2) is 0 Å². The van der Waals surface area contributed by atoms with Crippen LogP contribution in [0.4, 0.5) is 0 Å². The molecular formula is C14H26N2. The third-order valence-corrected chi connectivity index (χ3v) is 5.04. The molecule has 2 heteroatoms. The third-order valence-electron chi connectivity index (χ3n) is 5.04. The summed E-state index contributed by atoms with van der Waals surface area (Å²) in [5, 5.41) is 0. The molecule has 0 aromatic rings. The quantitative estimate of drug-likeness (QED) is 0.672. The summed E-state index contributed by atoms with van der Waals surface area (Å²) in [7, 11) is 0. The van der Waals surface area contributed by atoms with E-state index in [2.05, 4.69) is 30.6 Å². The lowest BCUT2D eigenvalue weighted by Crippen LogP contribution is -2.44. The summed E-state index contributed by atoms with van der Waals surface area (Å²) in [5.74, 6) is 0. The Kier molecular flexibility index (Phi) is 2.56. The summed E-state index contributed by atoms with van der Waals surface area (Å²) in [5.41, 5.74) is 0.369. The molecule has 0 aromatic carbocycles. The Labute approximate surface area is 100.0 Å². The monoisotopic (exact) mass is 222 g/mol. The minimum Gasteiger partial charge on any atom is -0.297 e. The van der Waals surface area contributed by atoms with Crippen molar-refractivity contribution in [2.45, 2.75) is 76.5 Å². The van der Waals surface area contributed by atoms with Crippen molar-refractivity contribution in [3.8, 4) is 0 Å². The Balaban J connectivity index is 1.66. The molecule has 16 heavy (non-hydrogen) atoms. The fourth-order valence-corrected chi connectivity index (χ4v) is 4.14. The van der Waals surface area contributed by atoms with Gasteiger partial charge in [0.25, 0.3) is 0 Å². The highest BCUT2D eigenvalue weighted by molar-refractivity contribution is 5.01. The van der Waals surface area contributed by atoms with Crippen molar-refractivity contribution in [3.63, 3.8) is 0 Å². The number of nitrogens with zero attached hydrogens (tertiary/aromatic N) is 2. The van der Waals surface area contributed by atoms with Crippen LogP contribution in [-0.4, -0.2) is 46.6 Å². The van der Waals surface area contributed by atoms with Crippen LogP contribution in [0.1, 0.15) is 52.9 Å². The zero-order valence-electron chi connectivity index (χ0n) is 11.1. The van der Waals surface area contributed by atoms with Gasteiger partial charge >= 0.3 is 0 Å². The van der Waals surface area contributed by atoms with Crippen LogP contribution in [0.5, 0.6) is 0 Å². The minimum atomic E-state index is 0.369. The van der Waals surface area contributed by atoms with Gasteiger partial charge in [-0.1, -0.05) is 0 Å². The molecule has 1 atom stereocenters. The predicted octanol–water partition coefficient (Wildman–Crippen LogP) is 2.49. The molecule has 0 unspecified atom stereocenters. The van der Waals surface area contributed by atoms with E-state index < -0.39 is 0 Å². The molecule has 3 aliphatic heterocycles. The van der Waals surface area contributed by atoms with Gasteiger partial charge in [0.2, 0.25) is 0 Å². The Morgan fingerprint density at radius 2 is 1.38 bits per heavy atom. The summed E-state index contributed by atoms with van der Waals surface area (Å²) < 4.78 is 0. The highest BCUT2D eigenvalue weighted by Crippen LogP contribution is 2.41. The summed E-state index contributed by atoms with van der Waals surface area (Å²) >= 11 is 0. The van der Waals surface area contributed by atoms with Crippen LogP contribution in [0.15, 0.2) is 0 Å². The van der Waals surface area contributed by atoms with Gasteiger partial charge in [0.15, 0.2) is 0 Å². The second-order valence-electron chi connectivity index (χ2n) is 6.97. The summed E-state index contributed by atoms with van der Waals surface area (Å²) in [6.45, 7) is 9.69. The van der Waals surface area contributed by atoms with E-state index in [0.717, 1.165) is 18.1 Å². The van der Waals surface area contributed by atoms with E-state index in [1.807, 2.05) is 0 Å². The van der Waals surface area contributed by atoms with Gasteiger partial charge in [-0.2, -0.15) is 0 Å². The second-order valence-corrected chi connectivity index (χ2v) is 6.97. The van der Waals surface area contributed by atoms with Crippen LogP contribution in [0.3, 0.4) is 0 Å². The Morgan fingerprint density at radius 3 is 1.81 bits per heavy atom. The standard InChI is InChI=1S/C14H26N2/c1-14(2,3)15-9-8-13(10-15)16-11-4-5-12(16)7-6-11/h11-13H,4-10H2,1-3H3/t11?,12?,13-/m0/s1. The molecule has 0 radical (unpaired) electrons. The molecule has 92 valence electrons. The Bertz CT molecular complexity index is 248. The maximum Gasteiger partial charge on any atom is 0.0241 e. The number of fused-ring (bicyclic) bond motifs is 2. The number of likely N-dealkylation sites (tertiary alicyclic amines) is 1. The van der Waals surface area contributed by atoms with Gasteiger partial charge < -0.3 is 0 Å². The lowest BCUT2D eigenvalue weighted by Gasteiger charge is -2.34. The smallest absolute Gasteiger partial charge is 0.0241 e. The molecule has 3 fully saturated rings. The third kappa shape index (κ3) is 1.70. The molecule has 0 N–H and O–H groups in total. The van der Waals surface area contributed by atoms with Gasteiger partial charge in [0, 0.05) is 36.8 Å². The predicted molar refractivity (Wildman–Crippen MR) is 67.6 cm³/mol. The van der Waals surface area contributed by atoms with Crippen molar-refractivity contribution in [1.82, 2.24) is 9.80 Å². The first kappa shape index (κ1) is 11.0. The van der Waals surface area contributed by atoms with E-state index in [4.69, 9.17) is 0 Å². The van der Waals surface area contributed by atoms with Crippen LogP contribution in [0.25, 0.3) is 0 Å². The topological polar surface area (TPSA) is 6.48 Å². The molecule has 3 rings (SSSR count). The second kappa shape index (κ2) is 3.71. The fraction of sp³-hybridized carbons (Fsp3) is 1.00. The maximum atomic E-state index is 2.89. The molecule has 0 aromatic heterocycles. The molecule has 0 spiro atoms. The lowest BCUT2D eigenvalue weighted by molar-refractivity contribution is 0.134. The average Bonchev–Trinajstić information content (AvgIpc) is 2.89. The van der Waals surface area contributed by atoms with E-state index in [1.165, 1.54) is 45.2 Å². The molecule has 3 saturated heterocycles. The highest BCUT2D eigenvalue weighted by atomic mass is 15.3. The van der Waals surface area contributed by atoms with E-state index in [-0.39, 0.29) is 0 Å². The molecule has 2 bridgehead atoms. The normalized spacial score (nSPS) is 41.1. The summed E-state index contributed by atoms with van der Waals surface area (Å²) in [6, 6.07) is 2.78. The van der Waals surface area contributed by atoms with Crippen molar-refractivity contribution in [2.24, 2.45) is 0 Å². The molecule has 2 nitrogen and oxygen atoms in total. The van der Waals surface area contributed by atoms with Crippen LogP contribution in [0, 0.1) is 0 Å². The average molecular weight is 222 g/mol. The van der Waals surface area contributed by atoms with Gasteiger partial charge in [0.05, 0.1) is 0 Å². The molecular weight excluding hydrogens is 196 g/mol. The zero-order valence-corrected chi connectivity index (χ0v) is 11.1. The van der Waals surface area contributed by atoms with E-state index in [1.54, 1.807) is 0 Å². The van der Waals surface area contributed by atoms with Crippen LogP contribution >= 0.6 is 0 Å². The van der Waals surface area contributed by atoms with Gasteiger partial charge in [-0.3, -0.25) is 9.80 Å². The summed E-state index contributed by atoms with van der Waals surface area (Å²) in [4.78, 5) is 5.57. The SMILES string of the molecule is CC(C)(C)N1CC[C@H](N2C3CCC2CC3)C1. The minimum absolute atomic E-state index is 0.369. The van der Waals surface area contributed by atoms with E-state index in [0.29, 0.717) is 5.54 Å². The molecule has 3 heterocycles. The number of hydrogen-bond acceptors (Lipinski definition) is 2. The first-order chi connectivity index (χ1) is 7.55. The van der Waals surface area contributed by atoms with Crippen LogP contribution in [0.2, 0.25) is 0 Å².